The molecule has 0 spiro atoms. The number of rotatable bonds is 7. The zero-order chi connectivity index (χ0) is 13.0. The van der Waals surface area contributed by atoms with Crippen molar-refractivity contribution in [2.75, 3.05) is 23.8 Å². The van der Waals surface area contributed by atoms with Gasteiger partial charge in [0, 0.05) is 12.6 Å². The van der Waals surface area contributed by atoms with Crippen molar-refractivity contribution in [3.05, 3.63) is 0 Å². The van der Waals surface area contributed by atoms with Crippen molar-refractivity contribution in [2.45, 2.75) is 45.6 Å². The topological polar surface area (TPSA) is 77.2 Å². The Hall–Kier alpha value is -1.59. The number of hydrogen-bond donors (Lipinski definition) is 1. The zero-order valence-corrected chi connectivity index (χ0v) is 11.1. The minimum Gasteiger partial charge on any atom is -0.463 e. The van der Waals surface area contributed by atoms with E-state index in [-0.39, 0.29) is 5.95 Å². The number of anilines is 2. The summed E-state index contributed by atoms with van der Waals surface area (Å²) in [5.74, 6) is 0.880. The van der Waals surface area contributed by atoms with Crippen LogP contribution in [0.15, 0.2) is 0 Å². The zero-order valence-electron chi connectivity index (χ0n) is 11.1. The molecule has 1 aliphatic rings. The number of nitrogens with zero attached hydrogens (tertiary/aromatic N) is 4. The Kier molecular flexibility index (Phi) is 4.17. The van der Waals surface area contributed by atoms with Gasteiger partial charge in [-0.2, -0.15) is 15.0 Å². The molecule has 6 heteroatoms. The third-order valence-electron chi connectivity index (χ3n) is 2.76. The van der Waals surface area contributed by atoms with E-state index >= 15 is 0 Å². The van der Waals surface area contributed by atoms with Crippen LogP contribution >= 0.6 is 0 Å². The summed E-state index contributed by atoms with van der Waals surface area (Å²) in [5.41, 5.74) is 5.72. The highest BCUT2D eigenvalue weighted by Gasteiger charge is 2.30. The number of nitrogen functional groups attached to an aromatic ring is 1. The summed E-state index contributed by atoms with van der Waals surface area (Å²) in [6, 6.07) is 0.895. The van der Waals surface area contributed by atoms with E-state index in [1.54, 1.807) is 0 Å². The molecule has 1 saturated carbocycles. The molecule has 0 aliphatic heterocycles. The minimum absolute atomic E-state index is 0.229. The SMILES string of the molecule is CCCOc1nc(N)nc(N(CCC)C2CC2)n1. The van der Waals surface area contributed by atoms with Gasteiger partial charge in [-0.3, -0.25) is 0 Å². The predicted molar refractivity (Wildman–Crippen MR) is 70.7 cm³/mol. The van der Waals surface area contributed by atoms with Gasteiger partial charge in [0.15, 0.2) is 0 Å². The van der Waals surface area contributed by atoms with Gasteiger partial charge in [-0.05, 0) is 25.7 Å². The molecule has 1 aromatic rings. The van der Waals surface area contributed by atoms with E-state index in [1.807, 2.05) is 6.92 Å². The molecule has 18 heavy (non-hydrogen) atoms. The lowest BCUT2D eigenvalue weighted by Crippen LogP contribution is -2.29. The average molecular weight is 251 g/mol. The van der Waals surface area contributed by atoms with E-state index in [2.05, 4.69) is 26.8 Å². The van der Waals surface area contributed by atoms with E-state index < -0.39 is 0 Å². The molecule has 2 rings (SSSR count). The molecule has 1 aromatic heterocycles. The molecule has 1 aliphatic carbocycles. The van der Waals surface area contributed by atoms with Crippen LogP contribution in [0.25, 0.3) is 0 Å². The number of nitrogens with two attached hydrogens (primary N) is 1. The molecule has 0 unspecified atom stereocenters. The first kappa shape index (κ1) is 12.9. The number of hydrogen-bond acceptors (Lipinski definition) is 6. The molecular formula is C12H21N5O. The summed E-state index contributed by atoms with van der Waals surface area (Å²) in [6.07, 6.45) is 4.39. The standard InChI is InChI=1S/C12H21N5O/c1-3-7-17(9-5-6-9)11-14-10(13)15-12(16-11)18-8-4-2/h9H,3-8H2,1-2H3,(H2,13,14,15,16). The lowest BCUT2D eigenvalue weighted by Gasteiger charge is -2.21. The van der Waals surface area contributed by atoms with E-state index in [9.17, 15) is 0 Å². The first-order valence-electron chi connectivity index (χ1n) is 6.65. The highest BCUT2D eigenvalue weighted by Crippen LogP contribution is 2.30. The van der Waals surface area contributed by atoms with Crippen molar-refractivity contribution in [2.24, 2.45) is 0 Å². The Morgan fingerprint density at radius 2 is 2.00 bits per heavy atom. The Morgan fingerprint density at radius 3 is 2.61 bits per heavy atom. The maximum atomic E-state index is 5.72. The van der Waals surface area contributed by atoms with Crippen LogP contribution in [0, 0.1) is 0 Å². The first-order valence-corrected chi connectivity index (χ1v) is 6.65. The van der Waals surface area contributed by atoms with Gasteiger partial charge in [0.2, 0.25) is 11.9 Å². The molecule has 0 atom stereocenters. The van der Waals surface area contributed by atoms with Crippen LogP contribution in [0.1, 0.15) is 39.5 Å². The molecule has 0 radical (unpaired) electrons. The van der Waals surface area contributed by atoms with Gasteiger partial charge < -0.3 is 15.4 Å². The smallest absolute Gasteiger partial charge is 0.323 e. The first-order chi connectivity index (χ1) is 8.74. The summed E-state index contributed by atoms with van der Waals surface area (Å²) in [5, 5.41) is 0. The van der Waals surface area contributed by atoms with Crippen LogP contribution in [0.4, 0.5) is 11.9 Å². The Labute approximate surface area is 108 Å². The van der Waals surface area contributed by atoms with Crippen molar-refractivity contribution in [1.82, 2.24) is 15.0 Å². The Morgan fingerprint density at radius 1 is 1.22 bits per heavy atom. The number of ether oxygens (including phenoxy) is 1. The third kappa shape index (κ3) is 3.21. The molecule has 6 nitrogen and oxygen atoms in total. The van der Waals surface area contributed by atoms with Gasteiger partial charge in [0.1, 0.15) is 0 Å². The molecule has 0 bridgehead atoms. The van der Waals surface area contributed by atoms with Gasteiger partial charge in [-0.1, -0.05) is 13.8 Å². The monoisotopic (exact) mass is 251 g/mol. The fourth-order valence-corrected chi connectivity index (χ4v) is 1.82. The second kappa shape index (κ2) is 5.84. The Bertz CT molecular complexity index is 394. The van der Waals surface area contributed by atoms with E-state index in [1.165, 1.54) is 12.8 Å². The van der Waals surface area contributed by atoms with E-state index in [0.29, 0.717) is 24.6 Å². The predicted octanol–water partition coefficient (Wildman–Crippen LogP) is 1.62. The van der Waals surface area contributed by atoms with E-state index in [0.717, 1.165) is 19.4 Å². The fourth-order valence-electron chi connectivity index (χ4n) is 1.82. The number of aromatic nitrogens is 3. The maximum Gasteiger partial charge on any atom is 0.323 e. The summed E-state index contributed by atoms with van der Waals surface area (Å²) < 4.78 is 5.44. The van der Waals surface area contributed by atoms with Gasteiger partial charge in [-0.25, -0.2) is 0 Å². The lowest BCUT2D eigenvalue weighted by atomic mass is 10.4. The lowest BCUT2D eigenvalue weighted by molar-refractivity contribution is 0.292. The van der Waals surface area contributed by atoms with Gasteiger partial charge in [0.25, 0.3) is 0 Å². The fraction of sp³-hybridized carbons (Fsp3) is 0.750. The molecule has 1 fully saturated rings. The van der Waals surface area contributed by atoms with Gasteiger partial charge in [0.05, 0.1) is 6.61 Å². The molecular weight excluding hydrogens is 230 g/mol. The summed E-state index contributed by atoms with van der Waals surface area (Å²) in [7, 11) is 0. The summed E-state index contributed by atoms with van der Waals surface area (Å²) in [4.78, 5) is 14.8. The van der Waals surface area contributed by atoms with Crippen LogP contribution in [0.5, 0.6) is 6.01 Å². The van der Waals surface area contributed by atoms with Crippen molar-refractivity contribution in [3.8, 4) is 6.01 Å². The van der Waals surface area contributed by atoms with Gasteiger partial charge >= 0.3 is 6.01 Å². The summed E-state index contributed by atoms with van der Waals surface area (Å²) >= 11 is 0. The normalized spacial score (nSPS) is 14.6. The summed E-state index contributed by atoms with van der Waals surface area (Å²) in [6.45, 7) is 5.73. The molecule has 100 valence electrons. The van der Waals surface area contributed by atoms with E-state index in [4.69, 9.17) is 10.5 Å². The maximum absolute atomic E-state index is 5.72. The average Bonchev–Trinajstić information content (AvgIpc) is 3.17. The van der Waals surface area contributed by atoms with Crippen LogP contribution in [-0.4, -0.2) is 34.1 Å². The molecule has 2 N–H and O–H groups in total. The highest BCUT2D eigenvalue weighted by atomic mass is 16.5. The second-order valence-electron chi connectivity index (χ2n) is 4.55. The second-order valence-corrected chi connectivity index (χ2v) is 4.55. The third-order valence-corrected chi connectivity index (χ3v) is 2.76. The molecule has 1 heterocycles. The quantitative estimate of drug-likeness (QED) is 0.793. The van der Waals surface area contributed by atoms with Gasteiger partial charge in [-0.15, -0.1) is 0 Å². The molecule has 0 saturated heterocycles. The molecule has 0 aromatic carbocycles. The largest absolute Gasteiger partial charge is 0.463 e. The van der Waals surface area contributed by atoms with Crippen LogP contribution in [-0.2, 0) is 0 Å². The van der Waals surface area contributed by atoms with Crippen LogP contribution in [0.2, 0.25) is 0 Å². The van der Waals surface area contributed by atoms with Crippen LogP contribution in [0.3, 0.4) is 0 Å². The van der Waals surface area contributed by atoms with Crippen LogP contribution < -0.4 is 15.4 Å². The van der Waals surface area contributed by atoms with Crippen molar-refractivity contribution in [3.63, 3.8) is 0 Å². The Balaban J connectivity index is 2.16. The van der Waals surface area contributed by atoms with Crippen molar-refractivity contribution in [1.29, 1.82) is 0 Å². The highest BCUT2D eigenvalue weighted by molar-refractivity contribution is 5.38. The molecule has 0 amide bonds. The van der Waals surface area contributed by atoms with Crippen molar-refractivity contribution < 1.29 is 4.74 Å². The minimum atomic E-state index is 0.229. The van der Waals surface area contributed by atoms with Crippen molar-refractivity contribution >= 4 is 11.9 Å².